The molecule has 0 spiro atoms. The molecule has 1 aromatic carbocycles. The van der Waals surface area contributed by atoms with Crippen molar-refractivity contribution in [3.63, 3.8) is 0 Å². The number of nitrogens with zero attached hydrogens (tertiary/aromatic N) is 3. The molecule has 1 aliphatic heterocycles. The fourth-order valence-corrected chi connectivity index (χ4v) is 5.05. The smallest absolute Gasteiger partial charge is 0.274 e. The Labute approximate surface area is 245 Å². The van der Waals surface area contributed by atoms with E-state index in [4.69, 9.17) is 4.52 Å². The Morgan fingerprint density at radius 2 is 1.81 bits per heavy atom. The quantitative estimate of drug-likeness (QED) is 0.279. The molecule has 224 valence electrons. The summed E-state index contributed by atoms with van der Waals surface area (Å²) in [4.78, 5) is 71.0. The van der Waals surface area contributed by atoms with Gasteiger partial charge in [-0.15, -0.1) is 11.3 Å². The number of benzene rings is 1. The zero-order chi connectivity index (χ0) is 30.6. The summed E-state index contributed by atoms with van der Waals surface area (Å²) >= 11 is 1.39. The van der Waals surface area contributed by atoms with Gasteiger partial charge in [-0.25, -0.2) is 4.98 Å². The van der Waals surface area contributed by atoms with Crippen LogP contribution in [0.2, 0.25) is 0 Å². The molecule has 5 amide bonds. The van der Waals surface area contributed by atoms with Gasteiger partial charge in [0, 0.05) is 24.7 Å². The van der Waals surface area contributed by atoms with E-state index in [1.807, 2.05) is 0 Å². The van der Waals surface area contributed by atoms with Crippen LogP contribution in [0.15, 0.2) is 34.3 Å². The van der Waals surface area contributed by atoms with Crippen molar-refractivity contribution in [1.29, 1.82) is 0 Å². The van der Waals surface area contributed by atoms with Crippen LogP contribution in [-0.2, 0) is 20.9 Å². The summed E-state index contributed by atoms with van der Waals surface area (Å²) in [7, 11) is 0. The molecular formula is C27H33N7O7S. The van der Waals surface area contributed by atoms with Gasteiger partial charge < -0.3 is 35.8 Å². The fourth-order valence-electron chi connectivity index (χ4n) is 4.33. The molecule has 5 N–H and O–H groups in total. The van der Waals surface area contributed by atoms with Gasteiger partial charge in [-0.05, 0) is 38.0 Å². The maximum atomic E-state index is 13.6. The fraction of sp³-hybridized carbons (Fsp3) is 0.444. The number of carbonyl (C=O) groups excluding carboxylic acids is 5. The van der Waals surface area contributed by atoms with Crippen molar-refractivity contribution in [2.45, 2.75) is 58.5 Å². The minimum atomic E-state index is -1.42. The average molecular weight is 600 g/mol. The molecule has 4 atom stereocenters. The van der Waals surface area contributed by atoms with Crippen LogP contribution in [0.5, 0.6) is 0 Å². The van der Waals surface area contributed by atoms with E-state index >= 15 is 0 Å². The number of aliphatic hydroxyl groups is 1. The van der Waals surface area contributed by atoms with Crippen LogP contribution >= 0.6 is 11.3 Å². The Morgan fingerprint density at radius 3 is 2.52 bits per heavy atom. The summed E-state index contributed by atoms with van der Waals surface area (Å²) < 4.78 is 6.16. The second-order valence-electron chi connectivity index (χ2n) is 10.4. The topological polar surface area (TPSA) is 196 Å². The zero-order valence-electron chi connectivity index (χ0n) is 23.5. The van der Waals surface area contributed by atoms with Gasteiger partial charge in [-0.2, -0.15) is 0 Å². The van der Waals surface area contributed by atoms with Crippen LogP contribution in [0.25, 0.3) is 10.2 Å². The predicted molar refractivity (Wildman–Crippen MR) is 151 cm³/mol. The van der Waals surface area contributed by atoms with Crippen molar-refractivity contribution in [1.82, 2.24) is 36.3 Å². The van der Waals surface area contributed by atoms with Crippen LogP contribution in [0.3, 0.4) is 0 Å². The molecule has 15 heteroatoms. The molecule has 0 unspecified atom stereocenters. The molecule has 0 saturated carbocycles. The number of nitrogens with one attached hydrogen (secondary N) is 4. The molecule has 0 radical (unpaired) electrons. The second-order valence-corrected chi connectivity index (χ2v) is 11.3. The zero-order valence-corrected chi connectivity index (χ0v) is 24.4. The van der Waals surface area contributed by atoms with Gasteiger partial charge in [0.15, 0.2) is 11.5 Å². The van der Waals surface area contributed by atoms with Crippen molar-refractivity contribution < 1.29 is 33.6 Å². The van der Waals surface area contributed by atoms with Gasteiger partial charge in [-0.3, -0.25) is 24.0 Å². The van der Waals surface area contributed by atoms with E-state index in [-0.39, 0.29) is 42.9 Å². The van der Waals surface area contributed by atoms with Crippen LogP contribution in [-0.4, -0.2) is 87.0 Å². The SMILES string of the molecule is CC(C)[C@@H]1NC(=O)[C@H](C)NC(=O)[C@H]([C@@H](C)O)NC(=O)c2cc(on2)CN(C(=O)c2ccc3ncsc3c2)CCNC1=O. The van der Waals surface area contributed by atoms with E-state index < -0.39 is 47.9 Å². The first-order chi connectivity index (χ1) is 19.9. The van der Waals surface area contributed by atoms with E-state index in [9.17, 15) is 29.1 Å². The highest BCUT2D eigenvalue weighted by Gasteiger charge is 2.32. The summed E-state index contributed by atoms with van der Waals surface area (Å²) in [5.74, 6) is -3.19. The summed E-state index contributed by atoms with van der Waals surface area (Å²) in [6.07, 6.45) is -1.32. The lowest BCUT2D eigenvalue weighted by Gasteiger charge is -2.26. The molecule has 1 aliphatic rings. The van der Waals surface area contributed by atoms with Crippen LogP contribution in [0.4, 0.5) is 0 Å². The van der Waals surface area contributed by atoms with Crippen molar-refractivity contribution in [2.24, 2.45) is 5.92 Å². The standard InChI is InChI=1S/C27H33N7O7S/c1-13(2)21-25(38)28-7-8-34(27(40)16-5-6-18-20(9-16)42-12-29-18)11-17-10-19(33-41-17)24(37)32-22(15(4)35)26(39)30-14(3)23(36)31-21/h5-6,9-10,12-15,21-22,35H,7-8,11H2,1-4H3,(H,28,38)(H,30,39)(H,31,36)(H,32,37)/t14-,15+,21-,22-/m0/s1. The number of aliphatic hydroxyl groups excluding tert-OH is 1. The Hall–Kier alpha value is -4.37. The van der Waals surface area contributed by atoms with E-state index in [1.54, 1.807) is 37.6 Å². The number of amides is 5. The minimum Gasteiger partial charge on any atom is -0.391 e. The Morgan fingerprint density at radius 1 is 1.05 bits per heavy atom. The summed E-state index contributed by atoms with van der Waals surface area (Å²) in [5, 5.41) is 24.2. The number of aromatic nitrogens is 2. The highest BCUT2D eigenvalue weighted by Crippen LogP contribution is 2.21. The molecule has 3 heterocycles. The van der Waals surface area contributed by atoms with Gasteiger partial charge in [0.05, 0.1) is 28.4 Å². The monoisotopic (exact) mass is 599 g/mol. The number of hydrogen-bond donors (Lipinski definition) is 5. The first kappa shape index (κ1) is 30.6. The second kappa shape index (κ2) is 13.1. The Bertz CT molecular complexity index is 1480. The third-order valence-corrected chi connectivity index (χ3v) is 7.53. The van der Waals surface area contributed by atoms with Crippen molar-refractivity contribution >= 4 is 51.1 Å². The van der Waals surface area contributed by atoms with Gasteiger partial charge in [0.25, 0.3) is 11.8 Å². The maximum Gasteiger partial charge on any atom is 0.274 e. The molecule has 42 heavy (non-hydrogen) atoms. The number of rotatable bonds is 3. The van der Waals surface area contributed by atoms with Crippen LogP contribution in [0.1, 0.15) is 54.3 Å². The van der Waals surface area contributed by atoms with E-state index in [1.165, 1.54) is 36.2 Å². The molecule has 2 bridgehead atoms. The number of fused-ring (bicyclic) bond motifs is 3. The largest absolute Gasteiger partial charge is 0.391 e. The Kier molecular flexibility index (Phi) is 9.52. The highest BCUT2D eigenvalue weighted by atomic mass is 32.1. The third-order valence-electron chi connectivity index (χ3n) is 6.74. The molecule has 3 aromatic rings. The molecule has 14 nitrogen and oxygen atoms in total. The van der Waals surface area contributed by atoms with Gasteiger partial charge in [0.1, 0.15) is 18.1 Å². The van der Waals surface area contributed by atoms with Gasteiger partial charge >= 0.3 is 0 Å². The molecule has 4 rings (SSSR count). The van der Waals surface area contributed by atoms with E-state index in [2.05, 4.69) is 31.4 Å². The van der Waals surface area contributed by atoms with Gasteiger partial charge in [-0.1, -0.05) is 19.0 Å². The summed E-state index contributed by atoms with van der Waals surface area (Å²) in [6, 6.07) is 3.00. The minimum absolute atomic E-state index is 0.0519. The predicted octanol–water partition coefficient (Wildman–Crippen LogP) is 0.181. The first-order valence-corrected chi connectivity index (χ1v) is 14.3. The van der Waals surface area contributed by atoms with Crippen molar-refractivity contribution in [3.05, 3.63) is 46.8 Å². The van der Waals surface area contributed by atoms with Gasteiger partial charge in [0.2, 0.25) is 17.7 Å². The van der Waals surface area contributed by atoms with Crippen molar-refractivity contribution in [2.75, 3.05) is 13.1 Å². The molecule has 0 aliphatic carbocycles. The average Bonchev–Trinajstić information content (AvgIpc) is 3.61. The Balaban J connectivity index is 1.65. The number of hydrogen-bond acceptors (Lipinski definition) is 10. The maximum absolute atomic E-state index is 13.6. The molecule has 0 saturated heterocycles. The van der Waals surface area contributed by atoms with E-state index in [0.29, 0.717) is 5.56 Å². The third kappa shape index (κ3) is 7.09. The lowest BCUT2D eigenvalue weighted by molar-refractivity contribution is -0.133. The number of carbonyl (C=O) groups is 5. The first-order valence-electron chi connectivity index (χ1n) is 13.4. The van der Waals surface area contributed by atoms with Crippen LogP contribution < -0.4 is 21.3 Å². The normalized spacial score (nSPS) is 22.0. The van der Waals surface area contributed by atoms with E-state index in [0.717, 1.165) is 10.2 Å². The molecule has 0 fully saturated rings. The summed E-state index contributed by atoms with van der Waals surface area (Å²) in [6.45, 7) is 6.27. The van der Waals surface area contributed by atoms with Crippen molar-refractivity contribution in [3.8, 4) is 0 Å². The lowest BCUT2D eigenvalue weighted by atomic mass is 10.0. The molecular weight excluding hydrogens is 566 g/mol. The lowest BCUT2D eigenvalue weighted by Crippen LogP contribution is -2.58. The van der Waals surface area contributed by atoms with Crippen LogP contribution in [0, 0.1) is 5.92 Å². The number of thiazole rings is 1. The molecule has 2 aromatic heterocycles. The summed E-state index contributed by atoms with van der Waals surface area (Å²) in [5.41, 5.74) is 2.66. The highest BCUT2D eigenvalue weighted by molar-refractivity contribution is 7.16.